The molecule has 0 bridgehead atoms. The third-order valence-corrected chi connectivity index (χ3v) is 7.68. The molecule has 226 valence electrons. The SMILES string of the molecule is Cc1ccccc1C(C)COC(=O)Nc1ccc(-c2ccnn2C)c(CN(C)C(=O)CNc2ccc3cc[nH]c(=O)c3c2)c1. The molecule has 0 radical (unpaired) electrons. The smallest absolute Gasteiger partial charge is 0.411 e. The van der Waals surface area contributed by atoms with E-state index >= 15 is 0 Å². The lowest BCUT2D eigenvalue weighted by Gasteiger charge is -2.21. The van der Waals surface area contributed by atoms with Gasteiger partial charge < -0.3 is 19.9 Å². The van der Waals surface area contributed by atoms with Crippen molar-refractivity contribution in [3.05, 3.63) is 112 Å². The van der Waals surface area contributed by atoms with Crippen molar-refractivity contribution in [2.75, 3.05) is 30.8 Å². The second-order valence-corrected chi connectivity index (χ2v) is 10.9. The zero-order valence-electron chi connectivity index (χ0n) is 25.3. The first-order chi connectivity index (χ1) is 21.2. The summed E-state index contributed by atoms with van der Waals surface area (Å²) in [5, 5.41) is 11.6. The van der Waals surface area contributed by atoms with E-state index in [4.69, 9.17) is 4.74 Å². The van der Waals surface area contributed by atoms with Gasteiger partial charge in [-0.25, -0.2) is 4.79 Å². The number of rotatable bonds is 10. The van der Waals surface area contributed by atoms with Crippen molar-refractivity contribution in [1.29, 1.82) is 0 Å². The number of ether oxygens (including phenoxy) is 1. The zero-order chi connectivity index (χ0) is 31.2. The number of pyridine rings is 1. The Balaban J connectivity index is 1.26. The van der Waals surface area contributed by atoms with E-state index < -0.39 is 6.09 Å². The van der Waals surface area contributed by atoms with Crippen LogP contribution in [0.5, 0.6) is 0 Å². The monoisotopic (exact) mass is 592 g/mol. The fraction of sp³-hybridized carbons (Fsp3) is 0.235. The standard InChI is InChI=1S/C34H36N6O4/c1-22-7-5-6-8-28(22)23(2)21-44-34(43)38-27-11-12-29(31-14-16-37-40(31)4)25(17-27)20-39(3)32(41)19-36-26-10-9-24-13-15-35-33(42)30(24)18-26/h5-18,23,36H,19-21H2,1-4H3,(H,35,42)(H,38,43). The predicted molar refractivity (Wildman–Crippen MR) is 173 cm³/mol. The molecule has 5 rings (SSSR count). The highest BCUT2D eigenvalue weighted by atomic mass is 16.5. The number of amides is 2. The topological polar surface area (TPSA) is 121 Å². The van der Waals surface area contributed by atoms with Gasteiger partial charge in [-0.1, -0.05) is 43.3 Å². The van der Waals surface area contributed by atoms with Crippen molar-refractivity contribution in [1.82, 2.24) is 19.7 Å². The van der Waals surface area contributed by atoms with E-state index in [-0.39, 0.29) is 37.1 Å². The van der Waals surface area contributed by atoms with Crippen LogP contribution in [0.25, 0.3) is 22.0 Å². The Bertz CT molecular complexity index is 1860. The lowest BCUT2D eigenvalue weighted by molar-refractivity contribution is -0.128. The molecule has 0 aliphatic rings. The Hall–Kier alpha value is -5.38. The van der Waals surface area contributed by atoms with Crippen LogP contribution >= 0.6 is 0 Å². The average Bonchev–Trinajstić information content (AvgIpc) is 3.44. The summed E-state index contributed by atoms with van der Waals surface area (Å²) in [6.07, 6.45) is 2.77. The molecule has 3 N–H and O–H groups in total. The van der Waals surface area contributed by atoms with Crippen molar-refractivity contribution in [2.45, 2.75) is 26.3 Å². The molecular weight excluding hydrogens is 556 g/mol. The molecule has 44 heavy (non-hydrogen) atoms. The van der Waals surface area contributed by atoms with Gasteiger partial charge in [-0.2, -0.15) is 5.10 Å². The summed E-state index contributed by atoms with van der Waals surface area (Å²) in [5.41, 5.74) is 5.93. The summed E-state index contributed by atoms with van der Waals surface area (Å²) in [4.78, 5) is 42.3. The molecule has 1 unspecified atom stereocenters. The van der Waals surface area contributed by atoms with Crippen LogP contribution in [0.3, 0.4) is 0 Å². The fourth-order valence-corrected chi connectivity index (χ4v) is 5.22. The summed E-state index contributed by atoms with van der Waals surface area (Å²) < 4.78 is 7.31. The number of nitrogens with zero attached hydrogens (tertiary/aromatic N) is 3. The quantitative estimate of drug-likeness (QED) is 0.192. The van der Waals surface area contributed by atoms with Crippen LogP contribution in [0.4, 0.5) is 16.2 Å². The fourth-order valence-electron chi connectivity index (χ4n) is 5.22. The molecule has 5 aromatic rings. The molecule has 2 heterocycles. The summed E-state index contributed by atoms with van der Waals surface area (Å²) in [7, 11) is 3.58. The molecule has 0 saturated heterocycles. The van der Waals surface area contributed by atoms with E-state index in [0.29, 0.717) is 16.8 Å². The normalized spacial score (nSPS) is 11.6. The number of anilines is 2. The minimum absolute atomic E-state index is 0.0388. The molecule has 1 atom stereocenters. The zero-order valence-corrected chi connectivity index (χ0v) is 25.3. The van der Waals surface area contributed by atoms with Crippen molar-refractivity contribution in [3.8, 4) is 11.3 Å². The number of likely N-dealkylation sites (N-methyl/N-ethyl adjacent to an activating group) is 1. The molecule has 0 aliphatic carbocycles. The first-order valence-corrected chi connectivity index (χ1v) is 14.4. The molecule has 0 aliphatic heterocycles. The molecular formula is C34H36N6O4. The highest BCUT2D eigenvalue weighted by molar-refractivity contribution is 5.87. The van der Waals surface area contributed by atoms with E-state index in [1.54, 1.807) is 35.1 Å². The van der Waals surface area contributed by atoms with E-state index in [9.17, 15) is 14.4 Å². The van der Waals surface area contributed by atoms with Crippen molar-refractivity contribution in [2.24, 2.45) is 7.05 Å². The second kappa shape index (κ2) is 13.3. The summed E-state index contributed by atoms with van der Waals surface area (Å²) in [5.74, 6) is -0.0979. The second-order valence-electron chi connectivity index (χ2n) is 10.9. The first kappa shape index (κ1) is 30.1. The molecule has 0 saturated carbocycles. The summed E-state index contributed by atoms with van der Waals surface area (Å²) in [6, 6.07) is 22.8. The number of aromatic amines is 1. The number of hydrogen-bond donors (Lipinski definition) is 3. The van der Waals surface area contributed by atoms with Crippen LogP contribution in [-0.4, -0.2) is 51.9 Å². The third-order valence-electron chi connectivity index (χ3n) is 7.68. The van der Waals surface area contributed by atoms with Crippen molar-refractivity contribution >= 4 is 34.1 Å². The van der Waals surface area contributed by atoms with Gasteiger partial charge in [0.25, 0.3) is 5.56 Å². The van der Waals surface area contributed by atoms with Crippen LogP contribution in [0.2, 0.25) is 0 Å². The number of carbonyl (C=O) groups is 2. The number of fused-ring (bicyclic) bond motifs is 1. The molecule has 10 heteroatoms. The number of nitrogens with one attached hydrogen (secondary N) is 3. The third kappa shape index (κ3) is 6.97. The van der Waals surface area contributed by atoms with Gasteiger partial charge in [-0.3, -0.25) is 19.6 Å². The van der Waals surface area contributed by atoms with E-state index in [2.05, 4.69) is 20.7 Å². The molecule has 0 spiro atoms. The van der Waals surface area contributed by atoms with Gasteiger partial charge in [0.05, 0.1) is 18.8 Å². The largest absolute Gasteiger partial charge is 0.449 e. The van der Waals surface area contributed by atoms with Gasteiger partial charge in [-0.15, -0.1) is 0 Å². The molecule has 3 aromatic carbocycles. The van der Waals surface area contributed by atoms with Crippen LogP contribution < -0.4 is 16.2 Å². The summed E-state index contributed by atoms with van der Waals surface area (Å²) >= 11 is 0. The van der Waals surface area contributed by atoms with E-state index in [1.165, 1.54) is 0 Å². The van der Waals surface area contributed by atoms with E-state index in [0.717, 1.165) is 33.3 Å². The number of aromatic nitrogens is 3. The predicted octanol–water partition coefficient (Wildman–Crippen LogP) is 5.66. The highest BCUT2D eigenvalue weighted by Gasteiger charge is 2.17. The van der Waals surface area contributed by atoms with Gasteiger partial charge in [0.2, 0.25) is 5.91 Å². The number of benzene rings is 3. The van der Waals surface area contributed by atoms with Gasteiger partial charge in [0.15, 0.2) is 0 Å². The number of carbonyl (C=O) groups excluding carboxylic acids is 2. The van der Waals surface area contributed by atoms with Gasteiger partial charge in [0.1, 0.15) is 0 Å². The van der Waals surface area contributed by atoms with Gasteiger partial charge in [0, 0.05) is 61.3 Å². The lowest BCUT2D eigenvalue weighted by atomic mass is 9.97. The maximum absolute atomic E-state index is 13.2. The minimum atomic E-state index is -0.549. The van der Waals surface area contributed by atoms with Crippen LogP contribution in [-0.2, 0) is 23.1 Å². The number of aryl methyl sites for hydroxylation is 2. The Labute approximate surface area is 255 Å². The number of hydrogen-bond acceptors (Lipinski definition) is 6. The van der Waals surface area contributed by atoms with E-state index in [1.807, 2.05) is 87.6 Å². The first-order valence-electron chi connectivity index (χ1n) is 14.4. The highest BCUT2D eigenvalue weighted by Crippen LogP contribution is 2.28. The van der Waals surface area contributed by atoms with Crippen molar-refractivity contribution in [3.63, 3.8) is 0 Å². The van der Waals surface area contributed by atoms with Crippen molar-refractivity contribution < 1.29 is 14.3 Å². The number of H-pyrrole nitrogens is 1. The van der Waals surface area contributed by atoms with Crippen LogP contribution in [0.1, 0.15) is 29.5 Å². The minimum Gasteiger partial charge on any atom is -0.449 e. The molecule has 2 amide bonds. The van der Waals surface area contributed by atoms with Crippen LogP contribution in [0, 0.1) is 6.92 Å². The Morgan fingerprint density at radius 1 is 1.05 bits per heavy atom. The molecule has 10 nitrogen and oxygen atoms in total. The van der Waals surface area contributed by atoms with Gasteiger partial charge >= 0.3 is 6.09 Å². The average molecular weight is 593 g/mol. The summed E-state index contributed by atoms with van der Waals surface area (Å²) in [6.45, 7) is 4.63. The Kier molecular flexibility index (Phi) is 9.09. The molecule has 2 aromatic heterocycles. The molecule has 0 fully saturated rings. The Morgan fingerprint density at radius 2 is 1.84 bits per heavy atom. The maximum Gasteiger partial charge on any atom is 0.411 e. The maximum atomic E-state index is 13.2. The van der Waals surface area contributed by atoms with Gasteiger partial charge in [-0.05, 0) is 65.4 Å². The van der Waals surface area contributed by atoms with Crippen LogP contribution in [0.15, 0.2) is 90.0 Å². The Morgan fingerprint density at radius 3 is 2.61 bits per heavy atom. The lowest BCUT2D eigenvalue weighted by Crippen LogP contribution is -2.32.